The molecule has 6 atom stereocenters. The van der Waals surface area contributed by atoms with Gasteiger partial charge in [0.25, 0.3) is 0 Å². The van der Waals surface area contributed by atoms with Crippen LogP contribution in [0.1, 0.15) is 44.9 Å². The van der Waals surface area contributed by atoms with Gasteiger partial charge in [-0.2, -0.15) is 0 Å². The van der Waals surface area contributed by atoms with Gasteiger partial charge in [-0.1, -0.05) is 6.08 Å². The van der Waals surface area contributed by atoms with Crippen molar-refractivity contribution in [1.29, 1.82) is 0 Å². The van der Waals surface area contributed by atoms with Gasteiger partial charge < -0.3 is 25.4 Å². The molecule has 2 amide bonds. The third kappa shape index (κ3) is 4.22. The molecule has 0 radical (unpaired) electrons. The van der Waals surface area contributed by atoms with Gasteiger partial charge in [0.2, 0.25) is 6.41 Å². The van der Waals surface area contributed by atoms with Gasteiger partial charge in [-0.15, -0.1) is 0 Å². The molecule has 0 saturated carbocycles. The Labute approximate surface area is 194 Å². The number of amides is 2. The van der Waals surface area contributed by atoms with Gasteiger partial charge in [-0.3, -0.25) is 0 Å². The monoisotopic (exact) mass is 466 g/mol. The fraction of sp³-hybridized carbons (Fsp3) is 0.792. The number of alkyl halides is 1. The Bertz CT molecular complexity index is 801. The molecular weight excluding hydrogens is 430 g/mol. The molecule has 2 bridgehead atoms. The van der Waals surface area contributed by atoms with Crippen LogP contribution < -0.4 is 5.73 Å². The SMILES string of the molecule is NC(=O)N1CC2(CCN(C3CCC4CCC(C3)N4C(O)OCCF)CC2)C2C=C(F)C=CC21. The van der Waals surface area contributed by atoms with Gasteiger partial charge >= 0.3 is 6.03 Å². The first-order valence-electron chi connectivity index (χ1n) is 12.4. The Morgan fingerprint density at radius 3 is 2.61 bits per heavy atom. The minimum atomic E-state index is -1.03. The summed E-state index contributed by atoms with van der Waals surface area (Å²) in [6.45, 7) is 1.74. The molecule has 3 N–H and O–H groups in total. The number of primary amides is 1. The van der Waals surface area contributed by atoms with Crippen molar-refractivity contribution in [2.45, 2.75) is 75.5 Å². The molecule has 9 heteroatoms. The Morgan fingerprint density at radius 2 is 1.91 bits per heavy atom. The molecule has 5 aliphatic rings. The summed E-state index contributed by atoms with van der Waals surface area (Å²) < 4.78 is 32.0. The lowest BCUT2D eigenvalue weighted by molar-refractivity contribution is -0.209. The van der Waals surface area contributed by atoms with Crippen molar-refractivity contribution >= 4 is 6.03 Å². The van der Waals surface area contributed by atoms with Crippen LogP contribution in [-0.2, 0) is 4.74 Å². The van der Waals surface area contributed by atoms with Crippen LogP contribution in [0.15, 0.2) is 24.1 Å². The Kier molecular flexibility index (Phi) is 6.50. The van der Waals surface area contributed by atoms with Crippen LogP contribution in [0.25, 0.3) is 0 Å². The number of likely N-dealkylation sites (tertiary alicyclic amines) is 2. The minimum Gasteiger partial charge on any atom is -0.356 e. The highest BCUT2D eigenvalue weighted by Gasteiger charge is 2.54. The number of piperidine rings is 1. The lowest BCUT2D eigenvalue weighted by Crippen LogP contribution is -2.49. The summed E-state index contributed by atoms with van der Waals surface area (Å²) in [6.07, 6.45) is 10.8. The zero-order valence-corrected chi connectivity index (χ0v) is 19.1. The van der Waals surface area contributed by atoms with Crippen LogP contribution in [0.5, 0.6) is 0 Å². The number of allylic oxidation sites excluding steroid dienone is 2. The van der Waals surface area contributed by atoms with Crippen LogP contribution in [0, 0.1) is 11.3 Å². The molecule has 184 valence electrons. The molecule has 33 heavy (non-hydrogen) atoms. The summed E-state index contributed by atoms with van der Waals surface area (Å²) in [4.78, 5) is 18.4. The smallest absolute Gasteiger partial charge is 0.315 e. The number of aliphatic hydroxyl groups is 1. The van der Waals surface area contributed by atoms with Crippen molar-refractivity contribution in [3.05, 3.63) is 24.1 Å². The predicted molar refractivity (Wildman–Crippen MR) is 119 cm³/mol. The highest BCUT2D eigenvalue weighted by atomic mass is 19.1. The number of aliphatic hydroxyl groups excluding tert-OH is 1. The normalized spacial score (nSPS) is 37.1. The Morgan fingerprint density at radius 1 is 1.21 bits per heavy atom. The summed E-state index contributed by atoms with van der Waals surface area (Å²) in [7, 11) is 0. The number of carbonyl (C=O) groups is 1. The Balaban J connectivity index is 1.24. The van der Waals surface area contributed by atoms with Gasteiger partial charge in [-0.05, 0) is 75.6 Å². The van der Waals surface area contributed by atoms with Crippen molar-refractivity contribution in [3.63, 3.8) is 0 Å². The van der Waals surface area contributed by atoms with E-state index < -0.39 is 19.1 Å². The standard InChI is InChI=1S/C24H36F2N4O3/c25-9-12-33-23(32)30-17-2-4-18(14-19(30)5-3-17)28-10-7-24(8-11-28)15-29(22(27)31)21-6-1-16(26)13-20(21)24/h1,6,13,17-21,23,32H,2-5,7-12,14-15H2,(H2,27,31). The molecule has 1 aliphatic carbocycles. The third-order valence-electron chi connectivity index (χ3n) is 8.96. The average molecular weight is 467 g/mol. The van der Waals surface area contributed by atoms with Crippen molar-refractivity contribution in [3.8, 4) is 0 Å². The number of hydrogen-bond acceptors (Lipinski definition) is 5. The first-order valence-corrected chi connectivity index (χ1v) is 12.4. The van der Waals surface area contributed by atoms with E-state index in [1.807, 2.05) is 0 Å². The van der Waals surface area contributed by atoms with E-state index >= 15 is 0 Å². The maximum absolute atomic E-state index is 14.1. The molecule has 7 nitrogen and oxygen atoms in total. The van der Waals surface area contributed by atoms with Gasteiger partial charge in [0, 0.05) is 30.6 Å². The van der Waals surface area contributed by atoms with E-state index in [2.05, 4.69) is 9.80 Å². The van der Waals surface area contributed by atoms with Crippen LogP contribution in [-0.4, -0.2) is 89.3 Å². The minimum absolute atomic E-state index is 0.0272. The first kappa shape index (κ1) is 23.2. The molecule has 1 spiro atoms. The molecular formula is C24H36F2N4O3. The second kappa shape index (κ2) is 9.24. The maximum atomic E-state index is 14.1. The highest BCUT2D eigenvalue weighted by Crippen LogP contribution is 2.51. The van der Waals surface area contributed by atoms with Crippen LogP contribution in [0.2, 0.25) is 0 Å². The molecule has 6 unspecified atom stereocenters. The lowest BCUT2D eigenvalue weighted by atomic mass is 9.67. The lowest BCUT2D eigenvalue weighted by Gasteiger charge is -2.45. The molecule has 0 aromatic carbocycles. The summed E-state index contributed by atoms with van der Waals surface area (Å²) in [5, 5.41) is 10.5. The van der Waals surface area contributed by atoms with Crippen molar-refractivity contribution in [1.82, 2.24) is 14.7 Å². The largest absolute Gasteiger partial charge is 0.356 e. The number of hydrogen-bond donors (Lipinski definition) is 2. The van der Waals surface area contributed by atoms with E-state index in [9.17, 15) is 18.7 Å². The molecule has 5 rings (SSSR count). The van der Waals surface area contributed by atoms with E-state index in [0.717, 1.165) is 58.0 Å². The van der Waals surface area contributed by atoms with Gasteiger partial charge in [0.05, 0.1) is 12.6 Å². The zero-order valence-electron chi connectivity index (χ0n) is 19.1. The molecule has 4 heterocycles. The molecule has 4 aliphatic heterocycles. The van der Waals surface area contributed by atoms with Crippen molar-refractivity contribution in [2.24, 2.45) is 17.1 Å². The second-order valence-corrected chi connectivity index (χ2v) is 10.5. The maximum Gasteiger partial charge on any atom is 0.315 e. The summed E-state index contributed by atoms with van der Waals surface area (Å²) in [6, 6.07) is 0.374. The second-order valence-electron chi connectivity index (χ2n) is 10.5. The van der Waals surface area contributed by atoms with Gasteiger partial charge in [0.15, 0.2) is 0 Å². The first-order chi connectivity index (χ1) is 15.9. The molecule has 4 fully saturated rings. The molecule has 0 aromatic heterocycles. The summed E-state index contributed by atoms with van der Waals surface area (Å²) in [5.74, 6) is -0.251. The van der Waals surface area contributed by atoms with Crippen molar-refractivity contribution in [2.75, 3.05) is 32.9 Å². The number of halogens is 2. The van der Waals surface area contributed by atoms with Gasteiger partial charge in [0.1, 0.15) is 12.5 Å². The van der Waals surface area contributed by atoms with E-state index in [4.69, 9.17) is 10.5 Å². The summed E-state index contributed by atoms with van der Waals surface area (Å²) in [5.41, 5.74) is 5.53. The van der Waals surface area contributed by atoms with Crippen LogP contribution in [0.3, 0.4) is 0 Å². The van der Waals surface area contributed by atoms with Crippen LogP contribution in [0.4, 0.5) is 13.6 Å². The fourth-order valence-corrected chi connectivity index (χ4v) is 7.33. The van der Waals surface area contributed by atoms with E-state index in [-0.39, 0.29) is 41.9 Å². The van der Waals surface area contributed by atoms with E-state index in [1.165, 1.54) is 6.08 Å². The number of fused-ring (bicyclic) bond motifs is 4. The highest BCUT2D eigenvalue weighted by molar-refractivity contribution is 5.73. The van der Waals surface area contributed by atoms with Crippen LogP contribution >= 0.6 is 0 Å². The van der Waals surface area contributed by atoms with E-state index in [1.54, 1.807) is 17.1 Å². The number of urea groups is 1. The molecule has 4 saturated heterocycles. The number of nitrogens with two attached hydrogens (primary N) is 1. The fourth-order valence-electron chi connectivity index (χ4n) is 7.33. The quantitative estimate of drug-likeness (QED) is 0.609. The third-order valence-corrected chi connectivity index (χ3v) is 8.96. The topological polar surface area (TPSA) is 82.3 Å². The molecule has 0 aromatic rings. The zero-order chi connectivity index (χ0) is 23.2. The average Bonchev–Trinajstić information content (AvgIpc) is 3.26. The Hall–Kier alpha value is -1.55. The summed E-state index contributed by atoms with van der Waals surface area (Å²) >= 11 is 0. The predicted octanol–water partition coefficient (Wildman–Crippen LogP) is 2.52. The van der Waals surface area contributed by atoms with Crippen molar-refractivity contribution < 1.29 is 23.4 Å². The number of nitrogens with zero attached hydrogens (tertiary/aromatic N) is 3. The van der Waals surface area contributed by atoms with E-state index in [0.29, 0.717) is 12.6 Å². The van der Waals surface area contributed by atoms with Gasteiger partial charge in [-0.25, -0.2) is 18.5 Å². The number of ether oxygens (including phenoxy) is 1. The number of rotatable bonds is 5. The number of carbonyl (C=O) groups excluding carboxylic acids is 1.